The Morgan fingerprint density at radius 2 is 1.75 bits per heavy atom. The largest absolute Gasteiger partial charge is 0.435 e. The molecule has 0 saturated heterocycles. The van der Waals surface area contributed by atoms with Crippen molar-refractivity contribution in [2.45, 2.75) is 18.3 Å². The van der Waals surface area contributed by atoms with E-state index in [1.165, 1.54) is 0 Å². The smallest absolute Gasteiger partial charge is 0.430 e. The van der Waals surface area contributed by atoms with Crippen LogP contribution in [0.5, 0.6) is 0 Å². The van der Waals surface area contributed by atoms with Crippen molar-refractivity contribution in [1.82, 2.24) is 0 Å². The Hall–Kier alpha value is -0.175. The Balaban J connectivity index is 3.67. The lowest BCUT2D eigenvalue weighted by molar-refractivity contribution is -0.0879. The van der Waals surface area contributed by atoms with Crippen molar-refractivity contribution in [3.63, 3.8) is 0 Å². The summed E-state index contributed by atoms with van der Waals surface area (Å²) >= 11 is 0. The van der Waals surface area contributed by atoms with Crippen molar-refractivity contribution < 1.29 is 30.1 Å². The molecular weight excluding hydrogens is 167 g/mol. The maximum atomic E-state index is 8.99. The molecule has 0 spiro atoms. The molecule has 72 valence electrons. The predicted molar refractivity (Wildman–Crippen MR) is 40.4 cm³/mol. The van der Waals surface area contributed by atoms with E-state index in [0.29, 0.717) is 0 Å². The Kier molecular flexibility index (Phi) is 6.26. The molecule has 0 heterocycles. The highest BCUT2D eigenvalue weighted by Gasteiger charge is 2.23. The molecule has 0 rings (SSSR count). The topological polar surface area (TPSA) is 110 Å². The molecule has 0 amide bonds. The fraction of sp³-hybridized carbons (Fsp3) is 1.00. The molecule has 5 N–H and O–H groups in total. The Morgan fingerprint density at radius 1 is 1.17 bits per heavy atom. The molecule has 7 heteroatoms. The second-order valence-corrected chi connectivity index (χ2v) is 2.31. The average molecular weight is 180 g/mol. The van der Waals surface area contributed by atoms with Gasteiger partial charge in [0.2, 0.25) is 0 Å². The van der Waals surface area contributed by atoms with Gasteiger partial charge >= 0.3 is 7.69 Å². The molecule has 12 heavy (non-hydrogen) atoms. The molecule has 0 bridgehead atoms. The molecule has 0 unspecified atom stereocenters. The first-order valence-corrected chi connectivity index (χ1v) is 3.47. The zero-order valence-corrected chi connectivity index (χ0v) is 6.50. The summed E-state index contributed by atoms with van der Waals surface area (Å²) in [4.78, 5) is 0. The van der Waals surface area contributed by atoms with Gasteiger partial charge in [0, 0.05) is 0 Å². The van der Waals surface area contributed by atoms with E-state index in [9.17, 15) is 0 Å². The van der Waals surface area contributed by atoms with E-state index in [4.69, 9.17) is 25.5 Å². The van der Waals surface area contributed by atoms with E-state index >= 15 is 0 Å². The third-order valence-corrected chi connectivity index (χ3v) is 1.36. The van der Waals surface area contributed by atoms with Crippen LogP contribution in [-0.2, 0) is 4.65 Å². The van der Waals surface area contributed by atoms with Crippen LogP contribution in [0.1, 0.15) is 0 Å². The van der Waals surface area contributed by atoms with E-state index in [-0.39, 0.29) is 6.61 Å². The molecule has 0 saturated carbocycles. The highest BCUT2D eigenvalue weighted by molar-refractivity contribution is 6.15. The van der Waals surface area contributed by atoms with E-state index in [0.717, 1.165) is 0 Å². The number of hydrogen-bond donors (Lipinski definition) is 5. The van der Waals surface area contributed by atoms with Gasteiger partial charge in [-0.2, -0.15) is 0 Å². The fourth-order valence-electron chi connectivity index (χ4n) is 0.636. The van der Waals surface area contributed by atoms with Crippen LogP contribution < -0.4 is 0 Å². The lowest BCUT2D eigenvalue weighted by Crippen LogP contribution is -2.42. The van der Waals surface area contributed by atoms with E-state index in [1.54, 1.807) is 0 Å². The summed E-state index contributed by atoms with van der Waals surface area (Å²) in [6.07, 6.45) is -4.19. The molecule has 6 nitrogen and oxygen atoms in total. The molecule has 0 fully saturated rings. The van der Waals surface area contributed by atoms with Gasteiger partial charge in [0.25, 0.3) is 0 Å². The summed E-state index contributed by atoms with van der Waals surface area (Å²) in [5.41, 5.74) is 0. The molecule has 0 aromatic heterocycles. The fourth-order valence-corrected chi connectivity index (χ4v) is 0.636. The zero-order chi connectivity index (χ0) is 9.56. The van der Waals surface area contributed by atoms with Crippen molar-refractivity contribution in [1.29, 1.82) is 0 Å². The van der Waals surface area contributed by atoms with Crippen LogP contribution in [-0.4, -0.2) is 64.7 Å². The average Bonchev–Trinajstić information content (AvgIpc) is 2.11. The minimum absolute atomic E-state index is 0.297. The van der Waals surface area contributed by atoms with Gasteiger partial charge in [-0.05, 0) is 0 Å². The van der Waals surface area contributed by atoms with Crippen molar-refractivity contribution in [2.75, 3.05) is 13.2 Å². The van der Waals surface area contributed by atoms with Gasteiger partial charge in [0.05, 0.1) is 13.2 Å². The summed E-state index contributed by atoms with van der Waals surface area (Å²) in [7, 11) is -0.570. The number of hydrogen-bond acceptors (Lipinski definition) is 6. The number of aliphatic hydroxyl groups excluding tert-OH is 4. The van der Waals surface area contributed by atoms with Gasteiger partial charge in [0.15, 0.2) is 0 Å². The maximum absolute atomic E-state index is 8.99. The minimum Gasteiger partial charge on any atom is -0.430 e. The Bertz CT molecular complexity index is 112. The lowest BCUT2D eigenvalue weighted by atomic mass is 10.1. The molecular formula is C5H13BO6. The number of rotatable bonds is 6. The summed E-state index contributed by atoms with van der Waals surface area (Å²) in [5, 5.41) is 43.3. The van der Waals surface area contributed by atoms with E-state index in [1.807, 2.05) is 0 Å². The first kappa shape index (κ1) is 11.8. The van der Waals surface area contributed by atoms with Gasteiger partial charge in [-0.15, -0.1) is 0 Å². The van der Waals surface area contributed by atoms with Crippen LogP contribution in [0.25, 0.3) is 0 Å². The van der Waals surface area contributed by atoms with Crippen LogP contribution in [0.3, 0.4) is 0 Å². The van der Waals surface area contributed by atoms with Crippen molar-refractivity contribution >= 4 is 7.69 Å². The van der Waals surface area contributed by atoms with Crippen LogP contribution in [0.4, 0.5) is 0 Å². The third kappa shape index (κ3) is 4.00. The van der Waals surface area contributed by atoms with E-state index < -0.39 is 32.6 Å². The third-order valence-electron chi connectivity index (χ3n) is 1.36. The Morgan fingerprint density at radius 3 is 2.17 bits per heavy atom. The predicted octanol–water partition coefficient (Wildman–Crippen LogP) is -3.66. The first-order valence-electron chi connectivity index (χ1n) is 3.47. The number of aliphatic hydroxyl groups is 4. The zero-order valence-electron chi connectivity index (χ0n) is 6.50. The monoisotopic (exact) mass is 180 g/mol. The summed E-state index contributed by atoms with van der Waals surface area (Å²) in [6.45, 7) is -0.938. The minimum atomic E-state index is -1.47. The molecule has 3 atom stereocenters. The van der Waals surface area contributed by atoms with Crippen LogP contribution >= 0.6 is 0 Å². The summed E-state index contributed by atoms with van der Waals surface area (Å²) < 4.78 is 4.36. The molecule has 0 aromatic carbocycles. The van der Waals surface area contributed by atoms with Crippen molar-refractivity contribution in [3.8, 4) is 0 Å². The molecule has 0 aliphatic heterocycles. The van der Waals surface area contributed by atoms with Gasteiger partial charge in [-0.25, -0.2) is 0 Å². The molecule has 0 aromatic rings. The quantitative estimate of drug-likeness (QED) is 0.269. The van der Waals surface area contributed by atoms with Gasteiger partial charge < -0.3 is 30.1 Å². The second-order valence-electron chi connectivity index (χ2n) is 2.31. The van der Waals surface area contributed by atoms with Crippen LogP contribution in [0.2, 0.25) is 0 Å². The normalized spacial score (nSPS) is 18.4. The van der Waals surface area contributed by atoms with Gasteiger partial charge in [-0.3, -0.25) is 0 Å². The standard InChI is InChI=1S/C5H13BO6/c7-1-3(8)5(10)4(9)2-12-6-11/h3-11H,1-2H2/t3-,4+,5+/m1/s1. The molecule has 0 radical (unpaired) electrons. The van der Waals surface area contributed by atoms with Crippen LogP contribution in [0, 0.1) is 0 Å². The molecule has 0 aliphatic rings. The second kappa shape index (κ2) is 6.35. The van der Waals surface area contributed by atoms with Crippen LogP contribution in [0.15, 0.2) is 0 Å². The Labute approximate surface area is 70.3 Å². The van der Waals surface area contributed by atoms with Gasteiger partial charge in [0.1, 0.15) is 18.3 Å². The van der Waals surface area contributed by atoms with Crippen molar-refractivity contribution in [2.24, 2.45) is 0 Å². The SMILES string of the molecule is OBOC[C@H](O)[C@@H](O)[C@H](O)CO. The maximum Gasteiger partial charge on any atom is 0.435 e. The summed E-state index contributed by atoms with van der Waals surface area (Å²) in [6, 6.07) is 0. The first-order chi connectivity index (χ1) is 5.63. The highest BCUT2D eigenvalue weighted by Crippen LogP contribution is 1.99. The molecule has 0 aliphatic carbocycles. The lowest BCUT2D eigenvalue weighted by Gasteiger charge is -2.20. The van der Waals surface area contributed by atoms with E-state index in [2.05, 4.69) is 4.65 Å². The summed E-state index contributed by atoms with van der Waals surface area (Å²) in [5.74, 6) is 0. The van der Waals surface area contributed by atoms with Gasteiger partial charge in [-0.1, -0.05) is 0 Å². The highest BCUT2D eigenvalue weighted by atomic mass is 16.5. The van der Waals surface area contributed by atoms with Crippen molar-refractivity contribution in [3.05, 3.63) is 0 Å².